The van der Waals surface area contributed by atoms with Crippen molar-refractivity contribution in [3.05, 3.63) is 27.3 Å². The smallest absolute Gasteiger partial charge is 0.278 e. The number of H-pyrrole nitrogens is 1. The van der Waals surface area contributed by atoms with Crippen LogP contribution in [-0.4, -0.2) is 50.5 Å². The monoisotopic (exact) mass is 374 g/mol. The Morgan fingerprint density at radius 3 is 2.30 bits per heavy atom. The van der Waals surface area contributed by atoms with Gasteiger partial charge in [0.25, 0.3) is 17.4 Å². The summed E-state index contributed by atoms with van der Waals surface area (Å²) >= 11 is 0. The van der Waals surface area contributed by atoms with Gasteiger partial charge in [-0.3, -0.25) is 29.1 Å². The van der Waals surface area contributed by atoms with Crippen LogP contribution in [-0.2, 0) is 23.1 Å². The third-order valence-corrected chi connectivity index (χ3v) is 5.81. The molecular weight excluding hydrogens is 344 g/mol. The number of likely N-dealkylation sites (N-methyl/N-ethyl adjacent to an activating group) is 1. The standard InChI is InChI=1S/C20H30N4O3/c1-6-14-15(18(25)23(5)21-14)16-17(20(27)24(12(2)3)19(16)26)22(4)13-10-8-7-9-11-13/h12-13,21H,6-11H2,1-5H3. The topological polar surface area (TPSA) is 78.4 Å². The Kier molecular flexibility index (Phi) is 5.31. The first-order chi connectivity index (χ1) is 12.8. The van der Waals surface area contributed by atoms with Crippen LogP contribution in [0, 0.1) is 0 Å². The second-order valence-electron chi connectivity index (χ2n) is 7.88. The highest BCUT2D eigenvalue weighted by Gasteiger charge is 2.45. The molecular formula is C20H30N4O3. The molecule has 2 aliphatic rings. The highest BCUT2D eigenvalue weighted by atomic mass is 16.2. The van der Waals surface area contributed by atoms with Gasteiger partial charge in [0.2, 0.25) is 0 Å². The van der Waals surface area contributed by atoms with Gasteiger partial charge in [0.05, 0.1) is 11.1 Å². The van der Waals surface area contributed by atoms with Crippen molar-refractivity contribution >= 4 is 17.4 Å². The van der Waals surface area contributed by atoms with Gasteiger partial charge in [-0.1, -0.05) is 26.2 Å². The second-order valence-corrected chi connectivity index (χ2v) is 7.88. The van der Waals surface area contributed by atoms with E-state index in [1.807, 2.05) is 32.7 Å². The Labute approximate surface area is 160 Å². The summed E-state index contributed by atoms with van der Waals surface area (Å²) in [6.07, 6.45) is 6.04. The fraction of sp³-hybridized carbons (Fsp3) is 0.650. The lowest BCUT2D eigenvalue weighted by atomic mass is 9.93. The van der Waals surface area contributed by atoms with Crippen LogP contribution in [0.15, 0.2) is 10.5 Å². The zero-order valence-electron chi connectivity index (χ0n) is 17.0. The molecule has 0 aromatic carbocycles. The first kappa shape index (κ1) is 19.5. The molecule has 0 saturated heterocycles. The van der Waals surface area contributed by atoms with Gasteiger partial charge < -0.3 is 4.90 Å². The lowest BCUT2D eigenvalue weighted by molar-refractivity contribution is -0.139. The third-order valence-electron chi connectivity index (χ3n) is 5.81. The van der Waals surface area contributed by atoms with Crippen LogP contribution in [0.3, 0.4) is 0 Å². The van der Waals surface area contributed by atoms with Crippen LogP contribution in [0.25, 0.3) is 5.57 Å². The average Bonchev–Trinajstić information content (AvgIpc) is 3.07. The first-order valence-corrected chi connectivity index (χ1v) is 9.92. The van der Waals surface area contributed by atoms with Gasteiger partial charge in [-0.15, -0.1) is 0 Å². The van der Waals surface area contributed by atoms with Gasteiger partial charge in [0, 0.05) is 31.9 Å². The van der Waals surface area contributed by atoms with E-state index in [2.05, 4.69) is 5.10 Å². The molecule has 1 aliphatic carbocycles. The number of nitrogens with zero attached hydrogens (tertiary/aromatic N) is 3. The van der Waals surface area contributed by atoms with E-state index in [4.69, 9.17) is 0 Å². The molecule has 1 saturated carbocycles. The Bertz CT molecular complexity index is 840. The SMILES string of the molecule is CCc1[nH]n(C)c(=O)c1C1=C(N(C)C2CCCCC2)C(=O)N(C(C)C)C1=O. The number of carbonyl (C=O) groups is 2. The molecule has 0 unspecified atom stereocenters. The zero-order valence-corrected chi connectivity index (χ0v) is 17.0. The first-order valence-electron chi connectivity index (χ1n) is 9.92. The summed E-state index contributed by atoms with van der Waals surface area (Å²) in [6.45, 7) is 5.58. The van der Waals surface area contributed by atoms with Crippen molar-refractivity contribution in [3.63, 3.8) is 0 Å². The van der Waals surface area contributed by atoms with Crippen LogP contribution < -0.4 is 5.56 Å². The van der Waals surface area contributed by atoms with Crippen molar-refractivity contribution in [2.45, 2.75) is 71.4 Å². The molecule has 0 atom stereocenters. The number of hydrogen-bond acceptors (Lipinski definition) is 4. The second kappa shape index (κ2) is 7.37. The maximum atomic E-state index is 13.2. The number of imide groups is 1. The van der Waals surface area contributed by atoms with Gasteiger partial charge >= 0.3 is 0 Å². The Morgan fingerprint density at radius 2 is 1.74 bits per heavy atom. The van der Waals surface area contributed by atoms with Gasteiger partial charge in [0.1, 0.15) is 5.70 Å². The summed E-state index contributed by atoms with van der Waals surface area (Å²) in [5.41, 5.74) is 1.42. The minimum Gasteiger partial charge on any atom is -0.366 e. The van der Waals surface area contributed by atoms with E-state index in [1.54, 1.807) is 7.05 Å². The van der Waals surface area contributed by atoms with E-state index in [-0.39, 0.29) is 35.0 Å². The van der Waals surface area contributed by atoms with Gasteiger partial charge in [0.15, 0.2) is 0 Å². The number of amides is 2. The largest absolute Gasteiger partial charge is 0.366 e. The van der Waals surface area contributed by atoms with E-state index in [0.29, 0.717) is 23.4 Å². The van der Waals surface area contributed by atoms with E-state index in [9.17, 15) is 14.4 Å². The minimum atomic E-state index is -0.362. The zero-order chi connectivity index (χ0) is 19.9. The Morgan fingerprint density at radius 1 is 1.11 bits per heavy atom. The summed E-state index contributed by atoms with van der Waals surface area (Å²) in [6, 6.07) is -0.0365. The molecule has 1 N–H and O–H groups in total. The molecule has 7 heteroatoms. The molecule has 1 aromatic heterocycles. The van der Waals surface area contributed by atoms with Crippen molar-refractivity contribution in [3.8, 4) is 0 Å². The third kappa shape index (κ3) is 3.13. The molecule has 7 nitrogen and oxygen atoms in total. The normalized spacial score (nSPS) is 19.0. The molecule has 148 valence electrons. The molecule has 3 rings (SSSR count). The summed E-state index contributed by atoms with van der Waals surface area (Å²) in [4.78, 5) is 42.5. The molecule has 1 aliphatic heterocycles. The average molecular weight is 374 g/mol. The molecule has 27 heavy (non-hydrogen) atoms. The lowest BCUT2D eigenvalue weighted by Crippen LogP contribution is -2.41. The van der Waals surface area contributed by atoms with E-state index in [0.717, 1.165) is 25.7 Å². The van der Waals surface area contributed by atoms with Crippen molar-refractivity contribution in [1.29, 1.82) is 0 Å². The molecule has 0 radical (unpaired) electrons. The lowest BCUT2D eigenvalue weighted by Gasteiger charge is -2.33. The number of hydrogen-bond donors (Lipinski definition) is 1. The van der Waals surface area contributed by atoms with Crippen molar-refractivity contribution < 1.29 is 9.59 Å². The number of aromatic amines is 1. The van der Waals surface area contributed by atoms with Crippen LogP contribution in [0.5, 0.6) is 0 Å². The predicted octanol–water partition coefficient (Wildman–Crippen LogP) is 2.03. The van der Waals surface area contributed by atoms with Crippen molar-refractivity contribution in [2.24, 2.45) is 7.05 Å². The van der Waals surface area contributed by atoms with Crippen LogP contribution in [0.4, 0.5) is 0 Å². The predicted molar refractivity (Wildman–Crippen MR) is 104 cm³/mol. The maximum Gasteiger partial charge on any atom is 0.278 e. The molecule has 1 fully saturated rings. The number of aryl methyl sites for hydroxylation is 2. The Hall–Kier alpha value is -2.31. The van der Waals surface area contributed by atoms with Crippen LogP contribution >= 0.6 is 0 Å². The summed E-state index contributed by atoms with van der Waals surface area (Å²) in [5, 5.41) is 3.03. The van der Waals surface area contributed by atoms with Crippen molar-refractivity contribution in [2.75, 3.05) is 7.05 Å². The van der Waals surface area contributed by atoms with Gasteiger partial charge in [-0.2, -0.15) is 0 Å². The fourth-order valence-corrected chi connectivity index (χ4v) is 4.33. The number of aromatic nitrogens is 2. The van der Waals surface area contributed by atoms with Gasteiger partial charge in [-0.25, -0.2) is 0 Å². The van der Waals surface area contributed by atoms with Gasteiger partial charge in [-0.05, 0) is 33.1 Å². The number of rotatable bonds is 5. The van der Waals surface area contributed by atoms with E-state index < -0.39 is 0 Å². The summed E-state index contributed by atoms with van der Waals surface area (Å²) in [7, 11) is 3.53. The fourth-order valence-electron chi connectivity index (χ4n) is 4.33. The van der Waals surface area contributed by atoms with E-state index >= 15 is 0 Å². The molecule has 1 aromatic rings. The quantitative estimate of drug-likeness (QED) is 0.800. The molecule has 2 heterocycles. The van der Waals surface area contributed by atoms with E-state index in [1.165, 1.54) is 16.0 Å². The number of carbonyl (C=O) groups excluding carboxylic acids is 2. The minimum absolute atomic E-state index is 0.223. The number of nitrogens with one attached hydrogen (secondary N) is 1. The molecule has 2 amide bonds. The molecule has 0 spiro atoms. The highest BCUT2D eigenvalue weighted by Crippen LogP contribution is 2.35. The highest BCUT2D eigenvalue weighted by molar-refractivity contribution is 6.35. The van der Waals surface area contributed by atoms with Crippen LogP contribution in [0.1, 0.15) is 64.1 Å². The summed E-state index contributed by atoms with van der Waals surface area (Å²) in [5.74, 6) is -0.651. The summed E-state index contributed by atoms with van der Waals surface area (Å²) < 4.78 is 1.38. The Balaban J connectivity index is 2.20. The maximum absolute atomic E-state index is 13.2. The van der Waals surface area contributed by atoms with Crippen molar-refractivity contribution in [1.82, 2.24) is 19.6 Å². The van der Waals surface area contributed by atoms with Crippen LogP contribution in [0.2, 0.25) is 0 Å². The molecule has 0 bridgehead atoms.